The van der Waals surface area contributed by atoms with Gasteiger partial charge in [-0.3, -0.25) is 0 Å². The predicted octanol–water partition coefficient (Wildman–Crippen LogP) is 2.09. The maximum absolute atomic E-state index is 6.01. The number of hydrogen-bond donors (Lipinski definition) is 1. The van der Waals surface area contributed by atoms with Gasteiger partial charge in [-0.1, -0.05) is 0 Å². The molecule has 2 N–H and O–H groups in total. The smallest absolute Gasteiger partial charge is 0.0649 e. The summed E-state index contributed by atoms with van der Waals surface area (Å²) in [5.41, 5.74) is 6.20. The van der Waals surface area contributed by atoms with Crippen molar-refractivity contribution in [3.05, 3.63) is 0 Å². The molecule has 2 aliphatic rings. The molecular formula is C13H25NO2. The van der Waals surface area contributed by atoms with Gasteiger partial charge in [0.25, 0.3) is 0 Å². The Morgan fingerprint density at radius 3 is 2.62 bits per heavy atom. The zero-order valence-corrected chi connectivity index (χ0v) is 10.8. The molecule has 2 bridgehead atoms. The van der Waals surface area contributed by atoms with Crippen LogP contribution in [-0.4, -0.2) is 31.5 Å². The van der Waals surface area contributed by atoms with Crippen molar-refractivity contribution < 1.29 is 9.47 Å². The van der Waals surface area contributed by atoms with Crippen molar-refractivity contribution in [1.29, 1.82) is 0 Å². The average Bonchev–Trinajstić information content (AvgIpc) is 2.87. The summed E-state index contributed by atoms with van der Waals surface area (Å²) in [7, 11) is 1.78. The lowest BCUT2D eigenvalue weighted by Crippen LogP contribution is -2.41. The molecule has 2 rings (SSSR count). The van der Waals surface area contributed by atoms with Crippen LogP contribution >= 0.6 is 0 Å². The minimum Gasteiger partial charge on any atom is -0.379 e. The van der Waals surface area contributed by atoms with E-state index in [0.717, 1.165) is 25.8 Å². The van der Waals surface area contributed by atoms with Crippen LogP contribution in [0.25, 0.3) is 0 Å². The van der Waals surface area contributed by atoms with Gasteiger partial charge >= 0.3 is 0 Å². The van der Waals surface area contributed by atoms with Crippen molar-refractivity contribution in [2.45, 2.75) is 63.8 Å². The van der Waals surface area contributed by atoms with Crippen molar-refractivity contribution in [3.8, 4) is 0 Å². The molecule has 16 heavy (non-hydrogen) atoms. The Morgan fingerprint density at radius 2 is 2.19 bits per heavy atom. The summed E-state index contributed by atoms with van der Waals surface area (Å²) in [5.74, 6) is 0. The maximum atomic E-state index is 6.01. The van der Waals surface area contributed by atoms with Crippen LogP contribution in [0.15, 0.2) is 0 Å². The number of methoxy groups -OCH3 is 1. The zero-order chi connectivity index (χ0) is 11.8. The van der Waals surface area contributed by atoms with Crippen LogP contribution in [0, 0.1) is 5.41 Å². The van der Waals surface area contributed by atoms with E-state index in [0.29, 0.717) is 12.2 Å². The largest absolute Gasteiger partial charge is 0.379 e. The van der Waals surface area contributed by atoms with E-state index in [9.17, 15) is 0 Å². The van der Waals surface area contributed by atoms with Gasteiger partial charge in [0.05, 0.1) is 17.8 Å². The fourth-order valence-electron chi connectivity index (χ4n) is 3.12. The van der Waals surface area contributed by atoms with E-state index < -0.39 is 0 Å². The second-order valence-corrected chi connectivity index (χ2v) is 6.06. The van der Waals surface area contributed by atoms with E-state index in [2.05, 4.69) is 13.8 Å². The molecule has 0 aromatic heterocycles. The first kappa shape index (κ1) is 12.3. The zero-order valence-electron chi connectivity index (χ0n) is 10.8. The Kier molecular flexibility index (Phi) is 3.30. The second-order valence-electron chi connectivity index (χ2n) is 6.06. The quantitative estimate of drug-likeness (QED) is 0.782. The molecule has 0 aromatic rings. The van der Waals surface area contributed by atoms with E-state index in [1.807, 2.05) is 0 Å². The minimum atomic E-state index is -0.0377. The fourth-order valence-corrected chi connectivity index (χ4v) is 3.12. The summed E-state index contributed by atoms with van der Waals surface area (Å²) >= 11 is 0. The van der Waals surface area contributed by atoms with Gasteiger partial charge in [0.1, 0.15) is 0 Å². The predicted molar refractivity (Wildman–Crippen MR) is 64.3 cm³/mol. The van der Waals surface area contributed by atoms with Crippen molar-refractivity contribution in [2.75, 3.05) is 13.7 Å². The van der Waals surface area contributed by atoms with Crippen molar-refractivity contribution in [2.24, 2.45) is 11.1 Å². The van der Waals surface area contributed by atoms with Gasteiger partial charge in [0.15, 0.2) is 0 Å². The van der Waals surface area contributed by atoms with Crippen LogP contribution in [0.1, 0.15) is 46.0 Å². The van der Waals surface area contributed by atoms with Crippen LogP contribution in [0.3, 0.4) is 0 Å². The molecule has 0 aromatic carbocycles. The third-order valence-corrected chi connectivity index (χ3v) is 4.61. The van der Waals surface area contributed by atoms with E-state index in [1.54, 1.807) is 7.11 Å². The standard InChI is InChI=1S/C13H25NO2/c1-12(2,15-3)6-7-13(9-14)8-10-4-5-11(13)16-10/h10-11H,4-9,14H2,1-3H3. The lowest BCUT2D eigenvalue weighted by atomic mass is 9.70. The van der Waals surface area contributed by atoms with Gasteiger partial charge in [-0.05, 0) is 46.0 Å². The van der Waals surface area contributed by atoms with Gasteiger partial charge < -0.3 is 15.2 Å². The Hall–Kier alpha value is -0.120. The van der Waals surface area contributed by atoms with Crippen molar-refractivity contribution >= 4 is 0 Å². The Labute approximate surface area is 98.7 Å². The molecule has 0 aliphatic carbocycles. The topological polar surface area (TPSA) is 44.5 Å². The third kappa shape index (κ3) is 2.13. The summed E-state index contributed by atoms with van der Waals surface area (Å²) in [6.45, 7) is 5.05. The average molecular weight is 227 g/mol. The number of ether oxygens (including phenoxy) is 2. The van der Waals surface area contributed by atoms with E-state index in [4.69, 9.17) is 15.2 Å². The Bertz CT molecular complexity index is 254. The van der Waals surface area contributed by atoms with E-state index in [-0.39, 0.29) is 11.0 Å². The normalized spacial score (nSPS) is 38.2. The third-order valence-electron chi connectivity index (χ3n) is 4.61. The number of fused-ring (bicyclic) bond motifs is 2. The maximum Gasteiger partial charge on any atom is 0.0649 e. The van der Waals surface area contributed by atoms with Crippen LogP contribution in [0.2, 0.25) is 0 Å². The number of nitrogens with two attached hydrogens (primary N) is 1. The molecular weight excluding hydrogens is 202 g/mol. The van der Waals surface area contributed by atoms with E-state index >= 15 is 0 Å². The first-order chi connectivity index (χ1) is 7.51. The molecule has 0 saturated carbocycles. The second kappa shape index (κ2) is 4.28. The van der Waals surface area contributed by atoms with Crippen LogP contribution in [0.5, 0.6) is 0 Å². The summed E-state index contributed by atoms with van der Waals surface area (Å²) in [5, 5.41) is 0. The van der Waals surface area contributed by atoms with E-state index in [1.165, 1.54) is 12.8 Å². The summed E-state index contributed by atoms with van der Waals surface area (Å²) in [4.78, 5) is 0. The van der Waals surface area contributed by atoms with Gasteiger partial charge in [-0.25, -0.2) is 0 Å². The molecule has 0 radical (unpaired) electrons. The fraction of sp³-hybridized carbons (Fsp3) is 1.00. The minimum absolute atomic E-state index is 0.0377. The Morgan fingerprint density at radius 1 is 1.44 bits per heavy atom. The molecule has 2 heterocycles. The van der Waals surface area contributed by atoms with Crippen molar-refractivity contribution in [1.82, 2.24) is 0 Å². The lowest BCUT2D eigenvalue weighted by molar-refractivity contribution is -0.00614. The monoisotopic (exact) mass is 227 g/mol. The van der Waals surface area contributed by atoms with Gasteiger partial charge in [0.2, 0.25) is 0 Å². The van der Waals surface area contributed by atoms with Gasteiger partial charge in [-0.15, -0.1) is 0 Å². The molecule has 2 aliphatic heterocycles. The first-order valence-corrected chi connectivity index (χ1v) is 6.42. The number of rotatable bonds is 5. The van der Waals surface area contributed by atoms with Crippen LogP contribution < -0.4 is 5.73 Å². The molecule has 3 atom stereocenters. The first-order valence-electron chi connectivity index (χ1n) is 6.42. The summed E-state index contributed by atoms with van der Waals surface area (Å²) < 4.78 is 11.4. The van der Waals surface area contributed by atoms with Crippen LogP contribution in [-0.2, 0) is 9.47 Å². The molecule has 0 spiro atoms. The molecule has 0 amide bonds. The highest BCUT2D eigenvalue weighted by atomic mass is 16.5. The molecule has 3 heteroatoms. The molecule has 2 fully saturated rings. The Balaban J connectivity index is 1.96. The molecule has 2 saturated heterocycles. The lowest BCUT2D eigenvalue weighted by Gasteiger charge is -2.36. The highest BCUT2D eigenvalue weighted by Crippen LogP contribution is 2.50. The van der Waals surface area contributed by atoms with Gasteiger partial charge in [0, 0.05) is 19.1 Å². The summed E-state index contributed by atoms with van der Waals surface area (Å²) in [6.07, 6.45) is 6.69. The van der Waals surface area contributed by atoms with Crippen LogP contribution in [0.4, 0.5) is 0 Å². The molecule has 94 valence electrons. The molecule has 3 unspecified atom stereocenters. The van der Waals surface area contributed by atoms with Crippen molar-refractivity contribution in [3.63, 3.8) is 0 Å². The van der Waals surface area contributed by atoms with Gasteiger partial charge in [-0.2, -0.15) is 0 Å². The highest BCUT2D eigenvalue weighted by Gasteiger charge is 2.51. The number of hydrogen-bond acceptors (Lipinski definition) is 3. The molecule has 3 nitrogen and oxygen atoms in total. The highest BCUT2D eigenvalue weighted by molar-refractivity contribution is 5.01. The SMILES string of the molecule is COC(C)(C)CCC1(CN)CC2CCC1O2. The summed E-state index contributed by atoms with van der Waals surface area (Å²) in [6, 6.07) is 0.